The van der Waals surface area contributed by atoms with Crippen LogP contribution >= 0.6 is 15.9 Å². The Bertz CT molecular complexity index is 505. The Hall–Kier alpha value is -1.89. The maximum absolute atomic E-state index is 13.0. The molecule has 1 aromatic rings. The molecule has 0 fully saturated rings. The summed E-state index contributed by atoms with van der Waals surface area (Å²) in [7, 11) is 0. The van der Waals surface area contributed by atoms with E-state index in [-0.39, 0.29) is 17.8 Å². The van der Waals surface area contributed by atoms with Crippen LogP contribution in [0.2, 0.25) is 0 Å². The van der Waals surface area contributed by atoms with Crippen LogP contribution in [-0.2, 0) is 0 Å². The van der Waals surface area contributed by atoms with Gasteiger partial charge in [-0.15, -0.1) is 0 Å². The van der Waals surface area contributed by atoms with Crippen LogP contribution in [0.3, 0.4) is 0 Å². The van der Waals surface area contributed by atoms with Crippen molar-refractivity contribution in [3.63, 3.8) is 0 Å². The van der Waals surface area contributed by atoms with Gasteiger partial charge >= 0.3 is 12.0 Å². The average Bonchev–Trinajstić information content (AvgIpc) is 2.26. The van der Waals surface area contributed by atoms with Crippen LogP contribution in [0.1, 0.15) is 10.4 Å². The highest BCUT2D eigenvalue weighted by atomic mass is 79.9. The zero-order chi connectivity index (χ0) is 13.7. The molecule has 1 aromatic carbocycles. The lowest BCUT2D eigenvalue weighted by atomic mass is 10.2. The molecule has 0 saturated carbocycles. The first-order valence-corrected chi connectivity index (χ1v) is 5.60. The number of carbonyl (C=O) groups is 2. The highest BCUT2D eigenvalue weighted by Gasteiger charge is 2.13. The zero-order valence-electron chi connectivity index (χ0n) is 9.17. The molecule has 0 aromatic heterocycles. The number of urea groups is 1. The van der Waals surface area contributed by atoms with Gasteiger partial charge in [0.2, 0.25) is 0 Å². The SMILES string of the molecule is C=C(Br)CNC(=O)Nc1cc(F)ccc1C(=O)O. The van der Waals surface area contributed by atoms with Crippen molar-refractivity contribution < 1.29 is 19.1 Å². The molecule has 96 valence electrons. The van der Waals surface area contributed by atoms with Crippen molar-refractivity contribution >= 4 is 33.6 Å². The van der Waals surface area contributed by atoms with E-state index in [1.165, 1.54) is 0 Å². The number of carboxylic acid groups (broad SMARTS) is 1. The predicted octanol–water partition coefficient (Wildman–Crippen LogP) is 2.55. The summed E-state index contributed by atoms with van der Waals surface area (Å²) in [5.74, 6) is -1.89. The number of halogens is 2. The third-order valence-corrected chi connectivity index (χ3v) is 2.18. The molecule has 1 rings (SSSR count). The van der Waals surface area contributed by atoms with E-state index < -0.39 is 17.8 Å². The summed E-state index contributed by atoms with van der Waals surface area (Å²) in [4.78, 5) is 22.3. The summed E-state index contributed by atoms with van der Waals surface area (Å²) in [6.45, 7) is 3.68. The molecule has 0 unspecified atom stereocenters. The minimum Gasteiger partial charge on any atom is -0.478 e. The first-order valence-electron chi connectivity index (χ1n) is 4.81. The number of hydrogen-bond donors (Lipinski definition) is 3. The molecule has 2 amide bonds. The zero-order valence-corrected chi connectivity index (χ0v) is 10.8. The number of hydrogen-bond acceptors (Lipinski definition) is 2. The van der Waals surface area contributed by atoms with Crippen LogP contribution in [0, 0.1) is 5.82 Å². The van der Waals surface area contributed by atoms with Gasteiger partial charge in [0, 0.05) is 4.48 Å². The van der Waals surface area contributed by atoms with Gasteiger partial charge in [-0.3, -0.25) is 0 Å². The van der Waals surface area contributed by atoms with Crippen LogP contribution in [-0.4, -0.2) is 23.7 Å². The summed E-state index contributed by atoms with van der Waals surface area (Å²) >= 11 is 3.05. The Labute approximate surface area is 111 Å². The van der Waals surface area contributed by atoms with Crippen molar-refractivity contribution in [2.75, 3.05) is 11.9 Å². The minimum atomic E-state index is -1.25. The number of benzene rings is 1. The largest absolute Gasteiger partial charge is 0.478 e. The highest BCUT2D eigenvalue weighted by Crippen LogP contribution is 2.17. The van der Waals surface area contributed by atoms with Crippen molar-refractivity contribution in [3.05, 3.63) is 40.6 Å². The third kappa shape index (κ3) is 4.17. The molecule has 0 radical (unpaired) electrons. The second-order valence-corrected chi connectivity index (χ2v) is 4.44. The van der Waals surface area contributed by atoms with Crippen molar-refractivity contribution in [2.45, 2.75) is 0 Å². The van der Waals surface area contributed by atoms with Crippen molar-refractivity contribution in [1.29, 1.82) is 0 Å². The first kappa shape index (κ1) is 14.2. The smallest absolute Gasteiger partial charge is 0.337 e. The quantitative estimate of drug-likeness (QED) is 0.798. The number of rotatable bonds is 4. The molecular weight excluding hydrogens is 307 g/mol. The second kappa shape index (κ2) is 6.15. The standard InChI is InChI=1S/C11H10BrFN2O3/c1-6(12)5-14-11(18)15-9-4-7(13)2-3-8(9)10(16)17/h2-4H,1,5H2,(H,16,17)(H2,14,15,18). The van der Waals surface area contributed by atoms with Gasteiger partial charge in [-0.05, 0) is 18.2 Å². The fraction of sp³-hybridized carbons (Fsp3) is 0.0909. The molecule has 0 aliphatic heterocycles. The van der Waals surface area contributed by atoms with E-state index in [1.54, 1.807) is 0 Å². The third-order valence-electron chi connectivity index (χ3n) is 1.90. The van der Waals surface area contributed by atoms with Gasteiger partial charge in [-0.2, -0.15) is 0 Å². The molecule has 0 saturated heterocycles. The van der Waals surface area contributed by atoms with Gasteiger partial charge in [-0.25, -0.2) is 14.0 Å². The minimum absolute atomic E-state index is 0.111. The number of amides is 2. The van der Waals surface area contributed by atoms with Crippen LogP contribution in [0.5, 0.6) is 0 Å². The van der Waals surface area contributed by atoms with E-state index in [2.05, 4.69) is 33.1 Å². The molecule has 0 heterocycles. The predicted molar refractivity (Wildman–Crippen MR) is 68.4 cm³/mol. The van der Waals surface area contributed by atoms with E-state index in [0.717, 1.165) is 18.2 Å². The summed E-state index contributed by atoms with van der Waals surface area (Å²) < 4.78 is 13.5. The maximum Gasteiger partial charge on any atom is 0.337 e. The average molecular weight is 317 g/mol. The second-order valence-electron chi connectivity index (χ2n) is 3.32. The lowest BCUT2D eigenvalue weighted by Crippen LogP contribution is -2.30. The molecule has 3 N–H and O–H groups in total. The van der Waals surface area contributed by atoms with E-state index in [9.17, 15) is 14.0 Å². The monoisotopic (exact) mass is 316 g/mol. The topological polar surface area (TPSA) is 78.4 Å². The van der Waals surface area contributed by atoms with Gasteiger partial charge in [0.05, 0.1) is 17.8 Å². The first-order chi connectivity index (χ1) is 8.40. The Morgan fingerprint density at radius 1 is 1.44 bits per heavy atom. The van der Waals surface area contributed by atoms with Crippen molar-refractivity contribution in [2.24, 2.45) is 0 Å². The molecule has 0 bridgehead atoms. The molecule has 7 heteroatoms. The normalized spacial score (nSPS) is 9.67. The van der Waals surface area contributed by atoms with E-state index in [0.29, 0.717) is 4.48 Å². The van der Waals surface area contributed by atoms with Crippen LogP contribution in [0.4, 0.5) is 14.9 Å². The number of nitrogens with one attached hydrogen (secondary N) is 2. The Morgan fingerprint density at radius 2 is 2.11 bits per heavy atom. The molecule has 0 atom stereocenters. The van der Waals surface area contributed by atoms with Crippen LogP contribution < -0.4 is 10.6 Å². The molecular formula is C11H10BrFN2O3. The van der Waals surface area contributed by atoms with E-state index in [1.807, 2.05) is 0 Å². The lowest BCUT2D eigenvalue weighted by molar-refractivity contribution is 0.0698. The summed E-state index contributed by atoms with van der Waals surface area (Å²) in [5.41, 5.74) is -0.301. The number of carbonyl (C=O) groups excluding carboxylic acids is 1. The summed E-state index contributed by atoms with van der Waals surface area (Å²) in [6, 6.07) is 2.37. The summed E-state index contributed by atoms with van der Waals surface area (Å²) in [6.07, 6.45) is 0. The van der Waals surface area contributed by atoms with E-state index in [4.69, 9.17) is 5.11 Å². The van der Waals surface area contributed by atoms with Gasteiger partial charge in [-0.1, -0.05) is 22.5 Å². The maximum atomic E-state index is 13.0. The highest BCUT2D eigenvalue weighted by molar-refractivity contribution is 9.11. The van der Waals surface area contributed by atoms with Gasteiger partial charge in [0.15, 0.2) is 0 Å². The fourth-order valence-corrected chi connectivity index (χ4v) is 1.29. The van der Waals surface area contributed by atoms with E-state index >= 15 is 0 Å². The summed E-state index contributed by atoms with van der Waals surface area (Å²) in [5, 5.41) is 13.5. The molecule has 0 aliphatic carbocycles. The molecule has 5 nitrogen and oxygen atoms in total. The van der Waals surface area contributed by atoms with Gasteiger partial charge in [0.1, 0.15) is 5.82 Å². The Balaban J connectivity index is 2.82. The Kier molecular flexibility index (Phi) is 4.85. The van der Waals surface area contributed by atoms with Crippen LogP contribution in [0.15, 0.2) is 29.3 Å². The molecule has 18 heavy (non-hydrogen) atoms. The molecule has 0 aliphatic rings. The molecule has 0 spiro atoms. The van der Waals surface area contributed by atoms with Crippen molar-refractivity contribution in [1.82, 2.24) is 5.32 Å². The number of anilines is 1. The van der Waals surface area contributed by atoms with Crippen LogP contribution in [0.25, 0.3) is 0 Å². The lowest BCUT2D eigenvalue weighted by Gasteiger charge is -2.09. The number of aromatic carboxylic acids is 1. The van der Waals surface area contributed by atoms with Gasteiger partial charge < -0.3 is 15.7 Å². The van der Waals surface area contributed by atoms with Gasteiger partial charge in [0.25, 0.3) is 0 Å². The fourth-order valence-electron chi connectivity index (χ4n) is 1.15. The van der Waals surface area contributed by atoms with Crippen molar-refractivity contribution in [3.8, 4) is 0 Å². The Morgan fingerprint density at radius 3 is 2.67 bits per heavy atom. The number of carboxylic acids is 1.